The van der Waals surface area contributed by atoms with Gasteiger partial charge in [0, 0.05) is 36.0 Å². The lowest BCUT2D eigenvalue weighted by atomic mass is 10.1. The van der Waals surface area contributed by atoms with Crippen molar-refractivity contribution in [1.82, 2.24) is 9.97 Å². The Hall–Kier alpha value is -1.01. The molecule has 0 aromatic carbocycles. The molecule has 0 radical (unpaired) electrons. The zero-order valence-corrected chi connectivity index (χ0v) is 9.44. The van der Waals surface area contributed by atoms with Crippen LogP contribution in [0.2, 0.25) is 0 Å². The van der Waals surface area contributed by atoms with Gasteiger partial charge in [0.05, 0.1) is 0 Å². The average Bonchev–Trinajstić information content (AvgIpc) is 2.17. The Morgan fingerprint density at radius 2 is 2.00 bits per heavy atom. The molecule has 0 saturated heterocycles. The number of hydrogen-bond donors (Lipinski definition) is 1. The van der Waals surface area contributed by atoms with Crippen LogP contribution in [-0.4, -0.2) is 30.4 Å². The summed E-state index contributed by atoms with van der Waals surface area (Å²) >= 11 is 0. The second kappa shape index (κ2) is 5.18. The zero-order valence-electron chi connectivity index (χ0n) is 8.63. The molecule has 0 spiro atoms. The van der Waals surface area contributed by atoms with Crippen molar-refractivity contribution in [3.8, 4) is 0 Å². The highest BCUT2D eigenvalue weighted by Crippen LogP contribution is 2.13. The Morgan fingerprint density at radius 3 is 2.53 bits per heavy atom. The van der Waals surface area contributed by atoms with Crippen LogP contribution in [0.3, 0.4) is 0 Å². The van der Waals surface area contributed by atoms with Gasteiger partial charge in [-0.1, -0.05) is 0 Å². The van der Waals surface area contributed by atoms with Gasteiger partial charge in [0.2, 0.25) is 0 Å². The van der Waals surface area contributed by atoms with E-state index >= 15 is 0 Å². The summed E-state index contributed by atoms with van der Waals surface area (Å²) in [6.07, 6.45) is 7.16. The SMILES string of the molecule is CS(=O)(=O)CCCC(N)c1cncnc1. The van der Waals surface area contributed by atoms with E-state index in [-0.39, 0.29) is 11.8 Å². The van der Waals surface area contributed by atoms with Crippen molar-refractivity contribution in [2.24, 2.45) is 5.73 Å². The molecule has 84 valence electrons. The summed E-state index contributed by atoms with van der Waals surface area (Å²) in [7, 11) is -2.89. The van der Waals surface area contributed by atoms with Gasteiger partial charge in [-0.15, -0.1) is 0 Å². The third kappa shape index (κ3) is 4.85. The molecule has 0 fully saturated rings. The van der Waals surface area contributed by atoms with Crippen molar-refractivity contribution in [3.63, 3.8) is 0 Å². The Morgan fingerprint density at radius 1 is 1.40 bits per heavy atom. The molecule has 0 aliphatic heterocycles. The van der Waals surface area contributed by atoms with Crippen molar-refractivity contribution in [1.29, 1.82) is 0 Å². The predicted octanol–water partition coefficient (Wildman–Crippen LogP) is 0.301. The zero-order chi connectivity index (χ0) is 11.3. The molecule has 1 aromatic rings. The fraction of sp³-hybridized carbons (Fsp3) is 0.556. The summed E-state index contributed by atoms with van der Waals surface area (Å²) < 4.78 is 21.8. The van der Waals surface area contributed by atoms with Crippen molar-refractivity contribution < 1.29 is 8.42 Å². The second-order valence-corrected chi connectivity index (χ2v) is 5.81. The summed E-state index contributed by atoms with van der Waals surface area (Å²) in [5, 5.41) is 0. The molecule has 5 nitrogen and oxygen atoms in total. The van der Waals surface area contributed by atoms with Crippen LogP contribution in [0.5, 0.6) is 0 Å². The van der Waals surface area contributed by atoms with Crippen LogP contribution in [-0.2, 0) is 9.84 Å². The van der Waals surface area contributed by atoms with Crippen molar-refractivity contribution in [2.45, 2.75) is 18.9 Å². The van der Waals surface area contributed by atoms with Gasteiger partial charge in [-0.3, -0.25) is 0 Å². The maximum absolute atomic E-state index is 10.9. The molecule has 0 aliphatic carbocycles. The van der Waals surface area contributed by atoms with E-state index in [0.29, 0.717) is 12.8 Å². The molecule has 1 heterocycles. The number of aromatic nitrogens is 2. The first-order chi connectivity index (χ1) is 6.99. The van der Waals surface area contributed by atoms with Gasteiger partial charge in [-0.25, -0.2) is 18.4 Å². The lowest BCUT2D eigenvalue weighted by molar-refractivity contribution is 0.587. The van der Waals surface area contributed by atoms with Gasteiger partial charge < -0.3 is 5.73 Å². The summed E-state index contributed by atoms with van der Waals surface area (Å²) in [5.41, 5.74) is 6.69. The molecule has 1 rings (SSSR count). The minimum Gasteiger partial charge on any atom is -0.324 e. The largest absolute Gasteiger partial charge is 0.324 e. The van der Waals surface area contributed by atoms with Gasteiger partial charge in [0.1, 0.15) is 16.2 Å². The first-order valence-corrected chi connectivity index (χ1v) is 6.73. The third-order valence-corrected chi connectivity index (χ3v) is 3.07. The average molecular weight is 229 g/mol. The molecule has 0 bridgehead atoms. The predicted molar refractivity (Wildman–Crippen MR) is 57.9 cm³/mol. The van der Waals surface area contributed by atoms with Gasteiger partial charge in [-0.2, -0.15) is 0 Å². The second-order valence-electron chi connectivity index (χ2n) is 3.55. The molecule has 6 heteroatoms. The van der Waals surface area contributed by atoms with Crippen molar-refractivity contribution >= 4 is 9.84 Å². The summed E-state index contributed by atoms with van der Waals surface area (Å²) in [6, 6.07) is -0.187. The molecule has 1 unspecified atom stereocenters. The lowest BCUT2D eigenvalue weighted by Crippen LogP contribution is -2.13. The fourth-order valence-electron chi connectivity index (χ4n) is 1.23. The lowest BCUT2D eigenvalue weighted by Gasteiger charge is -2.09. The molecule has 0 saturated carbocycles. The number of sulfone groups is 1. The Balaban J connectivity index is 2.41. The van der Waals surface area contributed by atoms with Crippen LogP contribution < -0.4 is 5.73 Å². The van der Waals surface area contributed by atoms with E-state index in [2.05, 4.69) is 9.97 Å². The number of hydrogen-bond acceptors (Lipinski definition) is 5. The number of nitrogens with zero attached hydrogens (tertiary/aromatic N) is 2. The van der Waals surface area contributed by atoms with Crippen molar-refractivity contribution in [2.75, 3.05) is 12.0 Å². The molecule has 2 N–H and O–H groups in total. The minimum atomic E-state index is -2.89. The molecular formula is C9H15N3O2S. The highest BCUT2D eigenvalue weighted by Gasteiger charge is 2.08. The summed E-state index contributed by atoms with van der Waals surface area (Å²) in [4.78, 5) is 7.71. The maximum Gasteiger partial charge on any atom is 0.147 e. The van der Waals surface area contributed by atoms with Gasteiger partial charge >= 0.3 is 0 Å². The molecule has 0 aliphatic rings. The molecule has 1 aromatic heterocycles. The topological polar surface area (TPSA) is 85.9 Å². The van der Waals surface area contributed by atoms with Crippen LogP contribution in [0.1, 0.15) is 24.4 Å². The van der Waals surface area contributed by atoms with E-state index < -0.39 is 9.84 Å². The van der Waals surface area contributed by atoms with E-state index in [9.17, 15) is 8.42 Å². The first-order valence-electron chi connectivity index (χ1n) is 4.67. The molecule has 0 amide bonds. The van der Waals surface area contributed by atoms with Crippen molar-refractivity contribution in [3.05, 3.63) is 24.3 Å². The highest BCUT2D eigenvalue weighted by molar-refractivity contribution is 7.90. The smallest absolute Gasteiger partial charge is 0.147 e. The van der Waals surface area contributed by atoms with E-state index in [1.807, 2.05) is 0 Å². The standard InChI is InChI=1S/C9H15N3O2S/c1-15(13,14)4-2-3-9(10)8-5-11-7-12-6-8/h5-7,9H,2-4,10H2,1H3. The van der Waals surface area contributed by atoms with E-state index in [4.69, 9.17) is 5.73 Å². The van der Waals surface area contributed by atoms with Crippen LogP contribution in [0.25, 0.3) is 0 Å². The Labute approximate surface area is 89.7 Å². The van der Waals surface area contributed by atoms with Crippen LogP contribution in [0, 0.1) is 0 Å². The normalized spacial score (nSPS) is 13.7. The van der Waals surface area contributed by atoms with E-state index in [1.165, 1.54) is 12.6 Å². The fourth-order valence-corrected chi connectivity index (χ4v) is 1.93. The number of rotatable bonds is 5. The summed E-state index contributed by atoms with van der Waals surface area (Å²) in [5.74, 6) is 0.175. The third-order valence-electron chi connectivity index (χ3n) is 2.04. The maximum atomic E-state index is 10.9. The Kier molecular flexibility index (Phi) is 4.16. The first kappa shape index (κ1) is 12.1. The monoisotopic (exact) mass is 229 g/mol. The van der Waals surface area contributed by atoms with Gasteiger partial charge in [-0.05, 0) is 12.8 Å². The van der Waals surface area contributed by atoms with E-state index in [1.54, 1.807) is 12.4 Å². The van der Waals surface area contributed by atoms with Gasteiger partial charge in [0.25, 0.3) is 0 Å². The van der Waals surface area contributed by atoms with Gasteiger partial charge in [0.15, 0.2) is 0 Å². The quantitative estimate of drug-likeness (QED) is 0.784. The Bertz CT molecular complexity index is 391. The van der Waals surface area contributed by atoms with Crippen LogP contribution >= 0.6 is 0 Å². The van der Waals surface area contributed by atoms with Crippen LogP contribution in [0.15, 0.2) is 18.7 Å². The minimum absolute atomic E-state index is 0.175. The van der Waals surface area contributed by atoms with E-state index in [0.717, 1.165) is 5.56 Å². The van der Waals surface area contributed by atoms with Crippen LogP contribution in [0.4, 0.5) is 0 Å². The summed E-state index contributed by atoms with van der Waals surface area (Å²) in [6.45, 7) is 0. The highest BCUT2D eigenvalue weighted by atomic mass is 32.2. The number of nitrogens with two attached hydrogens (primary N) is 1. The molecule has 1 atom stereocenters. The molecular weight excluding hydrogens is 214 g/mol. The molecule has 15 heavy (non-hydrogen) atoms.